The predicted octanol–water partition coefficient (Wildman–Crippen LogP) is 4.24. The number of rotatable bonds is 8. The summed E-state index contributed by atoms with van der Waals surface area (Å²) in [5, 5.41) is 6.56. The van der Waals surface area contributed by atoms with Crippen molar-refractivity contribution >= 4 is 17.3 Å². The zero-order chi connectivity index (χ0) is 18.2. The van der Waals surface area contributed by atoms with Crippen LogP contribution in [0.5, 0.6) is 11.5 Å². The zero-order valence-corrected chi connectivity index (χ0v) is 14.9. The molecule has 0 saturated carbocycles. The van der Waals surface area contributed by atoms with E-state index in [1.807, 2.05) is 61.5 Å². The minimum atomic E-state index is 0.615. The second-order valence-electron chi connectivity index (χ2n) is 5.54. The molecule has 1 heterocycles. The summed E-state index contributed by atoms with van der Waals surface area (Å²) < 4.78 is 10.8. The average Bonchev–Trinajstić information content (AvgIpc) is 2.69. The monoisotopic (exact) mass is 350 g/mol. The van der Waals surface area contributed by atoms with Crippen molar-refractivity contribution in [2.45, 2.75) is 13.5 Å². The molecule has 26 heavy (non-hydrogen) atoms. The topological polar surface area (TPSA) is 68.3 Å². The first-order valence-electron chi connectivity index (χ1n) is 8.46. The molecule has 2 N–H and O–H groups in total. The molecule has 0 radical (unpaired) electrons. The number of hydrogen-bond donors (Lipinski definition) is 2. The van der Waals surface area contributed by atoms with Gasteiger partial charge in [-0.2, -0.15) is 0 Å². The Balaban J connectivity index is 1.64. The van der Waals surface area contributed by atoms with Crippen molar-refractivity contribution in [1.82, 2.24) is 9.97 Å². The molecular formula is C20H22N4O2. The number of aromatic nitrogens is 2. The van der Waals surface area contributed by atoms with Crippen molar-refractivity contribution < 1.29 is 9.47 Å². The van der Waals surface area contributed by atoms with Crippen LogP contribution in [0.15, 0.2) is 60.9 Å². The lowest BCUT2D eigenvalue weighted by Crippen LogP contribution is -2.04. The van der Waals surface area contributed by atoms with Gasteiger partial charge in [0.05, 0.1) is 13.7 Å². The van der Waals surface area contributed by atoms with Crippen LogP contribution in [0.2, 0.25) is 0 Å². The lowest BCUT2D eigenvalue weighted by molar-refractivity contribution is 0.340. The Hall–Kier alpha value is -3.28. The molecule has 2 aromatic carbocycles. The molecule has 0 fully saturated rings. The van der Waals surface area contributed by atoms with Gasteiger partial charge in [-0.25, -0.2) is 9.97 Å². The fraction of sp³-hybridized carbons (Fsp3) is 0.200. The third-order valence-electron chi connectivity index (χ3n) is 3.76. The average molecular weight is 350 g/mol. The van der Waals surface area contributed by atoms with Crippen LogP contribution in [0.25, 0.3) is 0 Å². The van der Waals surface area contributed by atoms with Crippen molar-refractivity contribution in [3.8, 4) is 11.5 Å². The van der Waals surface area contributed by atoms with Crippen LogP contribution in [0, 0.1) is 0 Å². The first-order valence-corrected chi connectivity index (χ1v) is 8.46. The maximum absolute atomic E-state index is 5.45. The quantitative estimate of drug-likeness (QED) is 0.633. The number of anilines is 3. The van der Waals surface area contributed by atoms with Crippen LogP contribution in [-0.4, -0.2) is 23.7 Å². The summed E-state index contributed by atoms with van der Waals surface area (Å²) >= 11 is 0. The lowest BCUT2D eigenvalue weighted by atomic mass is 10.2. The summed E-state index contributed by atoms with van der Waals surface area (Å²) in [6, 6.07) is 17.5. The maximum atomic E-state index is 5.45. The zero-order valence-electron chi connectivity index (χ0n) is 14.9. The van der Waals surface area contributed by atoms with E-state index in [1.54, 1.807) is 7.11 Å². The molecule has 134 valence electrons. The van der Waals surface area contributed by atoms with Crippen molar-refractivity contribution in [2.75, 3.05) is 24.4 Å². The van der Waals surface area contributed by atoms with Gasteiger partial charge in [0.1, 0.15) is 29.5 Å². The van der Waals surface area contributed by atoms with Crippen LogP contribution in [0.1, 0.15) is 12.5 Å². The van der Waals surface area contributed by atoms with E-state index in [0.29, 0.717) is 19.0 Å². The molecule has 0 bridgehead atoms. The van der Waals surface area contributed by atoms with Crippen molar-refractivity contribution in [1.29, 1.82) is 0 Å². The molecule has 6 nitrogen and oxygen atoms in total. The summed E-state index contributed by atoms with van der Waals surface area (Å²) in [7, 11) is 1.67. The van der Waals surface area contributed by atoms with E-state index in [9.17, 15) is 0 Å². The molecule has 1 aromatic heterocycles. The summed E-state index contributed by atoms with van der Waals surface area (Å²) in [4.78, 5) is 8.53. The first kappa shape index (κ1) is 17.5. The van der Waals surface area contributed by atoms with Gasteiger partial charge in [0.25, 0.3) is 0 Å². The van der Waals surface area contributed by atoms with Crippen molar-refractivity contribution in [3.05, 3.63) is 66.5 Å². The van der Waals surface area contributed by atoms with E-state index in [0.717, 1.165) is 28.6 Å². The minimum absolute atomic E-state index is 0.615. The maximum Gasteiger partial charge on any atom is 0.135 e. The van der Waals surface area contributed by atoms with E-state index in [2.05, 4.69) is 20.6 Å². The molecule has 6 heteroatoms. The lowest BCUT2D eigenvalue weighted by Gasteiger charge is -2.11. The van der Waals surface area contributed by atoms with Gasteiger partial charge in [0, 0.05) is 23.9 Å². The molecule has 0 atom stereocenters. The Morgan fingerprint density at radius 3 is 2.50 bits per heavy atom. The second kappa shape index (κ2) is 8.71. The normalized spacial score (nSPS) is 10.2. The van der Waals surface area contributed by atoms with Crippen LogP contribution in [-0.2, 0) is 6.54 Å². The molecule has 0 amide bonds. The minimum Gasteiger partial charge on any atom is -0.496 e. The SMILES string of the molecule is CCOc1ccc(Nc2cc(NCc3ccccc3OC)ncn2)cc1. The number of ether oxygens (including phenoxy) is 2. The van der Waals surface area contributed by atoms with Crippen LogP contribution < -0.4 is 20.1 Å². The fourth-order valence-corrected chi connectivity index (χ4v) is 2.51. The van der Waals surface area contributed by atoms with E-state index in [1.165, 1.54) is 6.33 Å². The fourth-order valence-electron chi connectivity index (χ4n) is 2.51. The molecule has 0 unspecified atom stereocenters. The summed E-state index contributed by atoms with van der Waals surface area (Å²) in [5.41, 5.74) is 2.00. The van der Waals surface area contributed by atoms with Crippen LogP contribution in [0.3, 0.4) is 0 Å². The van der Waals surface area contributed by atoms with E-state index in [4.69, 9.17) is 9.47 Å². The molecule has 0 saturated heterocycles. The summed E-state index contributed by atoms with van der Waals surface area (Å²) in [5.74, 6) is 3.15. The van der Waals surface area contributed by atoms with E-state index < -0.39 is 0 Å². The number of para-hydroxylation sites is 1. The number of methoxy groups -OCH3 is 1. The Morgan fingerprint density at radius 1 is 0.962 bits per heavy atom. The van der Waals surface area contributed by atoms with Gasteiger partial charge in [0.2, 0.25) is 0 Å². The predicted molar refractivity (Wildman–Crippen MR) is 103 cm³/mol. The van der Waals surface area contributed by atoms with Gasteiger partial charge in [-0.3, -0.25) is 0 Å². The molecule has 0 aliphatic heterocycles. The summed E-state index contributed by atoms with van der Waals surface area (Å²) in [6.45, 7) is 3.23. The first-order chi connectivity index (χ1) is 12.8. The molecule has 3 rings (SSSR count). The van der Waals surface area contributed by atoms with Crippen LogP contribution in [0.4, 0.5) is 17.3 Å². The molecule has 0 aliphatic rings. The largest absolute Gasteiger partial charge is 0.496 e. The third kappa shape index (κ3) is 4.63. The molecular weight excluding hydrogens is 328 g/mol. The van der Waals surface area contributed by atoms with Crippen molar-refractivity contribution in [3.63, 3.8) is 0 Å². The number of nitrogens with zero attached hydrogens (tertiary/aromatic N) is 2. The highest BCUT2D eigenvalue weighted by molar-refractivity contribution is 5.59. The van der Waals surface area contributed by atoms with Crippen LogP contribution >= 0.6 is 0 Å². The van der Waals surface area contributed by atoms with Gasteiger partial charge < -0.3 is 20.1 Å². The third-order valence-corrected chi connectivity index (χ3v) is 3.76. The van der Waals surface area contributed by atoms with E-state index >= 15 is 0 Å². The van der Waals surface area contributed by atoms with Crippen molar-refractivity contribution in [2.24, 2.45) is 0 Å². The highest BCUT2D eigenvalue weighted by Gasteiger charge is 2.04. The van der Waals surface area contributed by atoms with Gasteiger partial charge in [0.15, 0.2) is 0 Å². The number of hydrogen-bond acceptors (Lipinski definition) is 6. The molecule has 3 aromatic rings. The van der Waals surface area contributed by atoms with Gasteiger partial charge >= 0.3 is 0 Å². The highest BCUT2D eigenvalue weighted by atomic mass is 16.5. The Morgan fingerprint density at radius 2 is 1.73 bits per heavy atom. The summed E-state index contributed by atoms with van der Waals surface area (Å²) in [6.07, 6.45) is 1.53. The molecule has 0 spiro atoms. The number of nitrogens with one attached hydrogen (secondary N) is 2. The van der Waals surface area contributed by atoms with Gasteiger partial charge in [-0.05, 0) is 37.3 Å². The smallest absolute Gasteiger partial charge is 0.135 e. The van der Waals surface area contributed by atoms with Gasteiger partial charge in [-0.15, -0.1) is 0 Å². The number of benzene rings is 2. The Labute approximate surface area is 153 Å². The van der Waals surface area contributed by atoms with Gasteiger partial charge in [-0.1, -0.05) is 18.2 Å². The molecule has 0 aliphatic carbocycles. The Kier molecular flexibility index (Phi) is 5.88. The van der Waals surface area contributed by atoms with E-state index in [-0.39, 0.29) is 0 Å². The standard InChI is InChI=1S/C20H22N4O2/c1-3-26-17-10-8-16(9-11-17)24-20-12-19(22-14-23-20)21-13-15-6-4-5-7-18(15)25-2/h4-12,14H,3,13H2,1-2H3,(H2,21,22,23,24). The second-order valence-corrected chi connectivity index (χ2v) is 5.54. The Bertz CT molecular complexity index is 837. The highest BCUT2D eigenvalue weighted by Crippen LogP contribution is 2.21.